The topological polar surface area (TPSA) is 57.2 Å². The molecule has 24 heavy (non-hydrogen) atoms. The summed E-state index contributed by atoms with van der Waals surface area (Å²) in [5, 5.41) is 3.40. The van der Waals surface area contributed by atoms with Crippen molar-refractivity contribution in [2.75, 3.05) is 45.9 Å². The molecule has 3 aliphatic rings. The van der Waals surface area contributed by atoms with Crippen LogP contribution in [-0.4, -0.2) is 73.6 Å². The second-order valence-corrected chi connectivity index (χ2v) is 7.29. The average Bonchev–Trinajstić information content (AvgIpc) is 3.08. The molecule has 0 aromatic rings. The molecule has 7 heteroatoms. The number of rotatable bonds is 4. The first kappa shape index (κ1) is 19.8. The summed E-state index contributed by atoms with van der Waals surface area (Å²) < 4.78 is 5.52. The van der Waals surface area contributed by atoms with E-state index >= 15 is 0 Å². The number of carbonyl (C=O) groups is 1. The Morgan fingerprint density at radius 2 is 1.92 bits per heavy atom. The minimum atomic E-state index is -0.196. The molecule has 2 aliphatic heterocycles. The van der Waals surface area contributed by atoms with Crippen molar-refractivity contribution in [1.29, 1.82) is 0 Å². The lowest BCUT2D eigenvalue weighted by atomic mass is 10.1. The van der Waals surface area contributed by atoms with Crippen LogP contribution in [0.2, 0.25) is 0 Å². The van der Waals surface area contributed by atoms with Gasteiger partial charge in [-0.15, -0.1) is 24.0 Å². The van der Waals surface area contributed by atoms with E-state index in [1.807, 2.05) is 4.90 Å². The van der Waals surface area contributed by atoms with Gasteiger partial charge in [0.25, 0.3) is 5.91 Å². The van der Waals surface area contributed by atoms with Crippen molar-refractivity contribution in [1.82, 2.24) is 15.1 Å². The maximum atomic E-state index is 12.4. The Hall–Kier alpha value is -0.570. The summed E-state index contributed by atoms with van der Waals surface area (Å²) in [5.74, 6) is 1.18. The van der Waals surface area contributed by atoms with E-state index in [1.165, 1.54) is 12.8 Å². The summed E-state index contributed by atoms with van der Waals surface area (Å²) in [7, 11) is 0. The molecule has 2 heterocycles. The zero-order chi connectivity index (χ0) is 16.3. The lowest BCUT2D eigenvalue weighted by molar-refractivity contribution is -0.142. The Bertz CT molecular complexity index is 454. The molecule has 1 atom stereocenters. The van der Waals surface area contributed by atoms with Gasteiger partial charge in [0, 0.05) is 45.9 Å². The second kappa shape index (κ2) is 8.69. The van der Waals surface area contributed by atoms with Crippen molar-refractivity contribution < 1.29 is 9.53 Å². The largest absolute Gasteiger partial charge is 0.368 e. The molecule has 0 spiro atoms. The van der Waals surface area contributed by atoms with Gasteiger partial charge >= 0.3 is 0 Å². The van der Waals surface area contributed by atoms with Gasteiger partial charge in [0.15, 0.2) is 5.96 Å². The third kappa shape index (κ3) is 4.97. The number of piperazine rings is 1. The van der Waals surface area contributed by atoms with Crippen LogP contribution in [0.1, 0.15) is 39.5 Å². The van der Waals surface area contributed by atoms with Crippen LogP contribution in [-0.2, 0) is 9.53 Å². The molecular weight excluding hydrogens is 419 g/mol. The van der Waals surface area contributed by atoms with Crippen molar-refractivity contribution in [3.05, 3.63) is 0 Å². The number of ether oxygens (including phenoxy) is 1. The van der Waals surface area contributed by atoms with Crippen molar-refractivity contribution >= 4 is 35.8 Å². The highest BCUT2D eigenvalue weighted by Crippen LogP contribution is 2.45. The highest BCUT2D eigenvalue weighted by atomic mass is 127. The molecule has 1 aliphatic carbocycles. The number of nitrogens with zero attached hydrogens (tertiary/aromatic N) is 3. The van der Waals surface area contributed by atoms with E-state index in [0.29, 0.717) is 5.41 Å². The van der Waals surface area contributed by atoms with E-state index in [2.05, 4.69) is 24.1 Å². The third-order valence-electron chi connectivity index (χ3n) is 5.14. The van der Waals surface area contributed by atoms with Crippen LogP contribution in [0.4, 0.5) is 0 Å². The molecule has 0 aromatic heterocycles. The molecule has 1 N–H and O–H groups in total. The first-order chi connectivity index (χ1) is 11.1. The zero-order valence-electron chi connectivity index (χ0n) is 14.9. The molecule has 3 rings (SSSR count). The van der Waals surface area contributed by atoms with Crippen LogP contribution in [0, 0.1) is 5.41 Å². The average molecular weight is 450 g/mol. The van der Waals surface area contributed by atoms with Gasteiger partial charge in [-0.3, -0.25) is 9.79 Å². The lowest BCUT2D eigenvalue weighted by Gasteiger charge is -2.37. The molecular formula is C17H31IN4O2. The van der Waals surface area contributed by atoms with Gasteiger partial charge in [0.05, 0.1) is 0 Å². The third-order valence-corrected chi connectivity index (χ3v) is 5.14. The number of hydrogen-bond acceptors (Lipinski definition) is 3. The van der Waals surface area contributed by atoms with Crippen molar-refractivity contribution in [3.63, 3.8) is 0 Å². The lowest BCUT2D eigenvalue weighted by Crippen LogP contribution is -2.55. The summed E-state index contributed by atoms with van der Waals surface area (Å²) in [5.41, 5.74) is 0.429. The van der Waals surface area contributed by atoms with Crippen LogP contribution in [0.5, 0.6) is 0 Å². The standard InChI is InChI=1S/C17H30N4O2.HI/c1-3-18-16(19-13-17(2)6-7-17)21-10-8-20(9-11-21)15(22)14-5-4-12-23-14;/h14H,3-13H2,1-2H3,(H,18,19);1H. The van der Waals surface area contributed by atoms with Gasteiger partial charge in [0.1, 0.15) is 6.10 Å². The van der Waals surface area contributed by atoms with E-state index in [1.54, 1.807) is 0 Å². The Kier molecular flexibility index (Phi) is 7.15. The molecule has 138 valence electrons. The minimum Gasteiger partial charge on any atom is -0.368 e. The van der Waals surface area contributed by atoms with Gasteiger partial charge < -0.3 is 19.9 Å². The summed E-state index contributed by atoms with van der Waals surface area (Å²) in [6, 6.07) is 0. The minimum absolute atomic E-state index is 0. The predicted molar refractivity (Wildman–Crippen MR) is 106 cm³/mol. The summed E-state index contributed by atoms with van der Waals surface area (Å²) in [6.07, 6.45) is 4.27. The Labute approximate surface area is 162 Å². The Morgan fingerprint density at radius 3 is 2.46 bits per heavy atom. The Morgan fingerprint density at radius 1 is 1.25 bits per heavy atom. The quantitative estimate of drug-likeness (QED) is 0.403. The van der Waals surface area contributed by atoms with Crippen molar-refractivity contribution in [3.8, 4) is 0 Å². The fourth-order valence-electron chi connectivity index (χ4n) is 3.18. The van der Waals surface area contributed by atoms with E-state index in [0.717, 1.165) is 64.7 Å². The number of carbonyl (C=O) groups excluding carboxylic acids is 1. The smallest absolute Gasteiger partial charge is 0.251 e. The highest BCUT2D eigenvalue weighted by Gasteiger charge is 2.37. The predicted octanol–water partition coefficient (Wildman–Crippen LogP) is 1.69. The van der Waals surface area contributed by atoms with Crippen molar-refractivity contribution in [2.24, 2.45) is 10.4 Å². The van der Waals surface area contributed by atoms with Gasteiger partial charge in [0.2, 0.25) is 0 Å². The van der Waals surface area contributed by atoms with Gasteiger partial charge in [-0.05, 0) is 38.0 Å². The van der Waals surface area contributed by atoms with Crippen LogP contribution in [0.3, 0.4) is 0 Å². The van der Waals surface area contributed by atoms with Crippen LogP contribution >= 0.6 is 24.0 Å². The number of hydrogen-bond donors (Lipinski definition) is 1. The van der Waals surface area contributed by atoms with Crippen LogP contribution in [0.15, 0.2) is 4.99 Å². The number of amides is 1. The molecule has 0 bridgehead atoms. The highest BCUT2D eigenvalue weighted by molar-refractivity contribution is 14.0. The number of halogens is 1. The summed E-state index contributed by atoms with van der Waals surface area (Å²) >= 11 is 0. The van der Waals surface area contributed by atoms with E-state index in [-0.39, 0.29) is 36.0 Å². The summed E-state index contributed by atoms with van der Waals surface area (Å²) in [4.78, 5) is 21.5. The number of guanidine groups is 1. The van der Waals surface area contributed by atoms with Gasteiger partial charge in [-0.2, -0.15) is 0 Å². The van der Waals surface area contributed by atoms with Crippen LogP contribution in [0.25, 0.3) is 0 Å². The van der Waals surface area contributed by atoms with E-state index in [9.17, 15) is 4.79 Å². The summed E-state index contributed by atoms with van der Waals surface area (Å²) in [6.45, 7) is 10.1. The maximum Gasteiger partial charge on any atom is 0.251 e. The second-order valence-electron chi connectivity index (χ2n) is 7.29. The first-order valence-corrected chi connectivity index (χ1v) is 9.05. The molecule has 3 fully saturated rings. The monoisotopic (exact) mass is 450 g/mol. The molecule has 1 amide bonds. The Balaban J connectivity index is 0.00000208. The number of nitrogens with one attached hydrogen (secondary N) is 1. The molecule has 2 saturated heterocycles. The zero-order valence-corrected chi connectivity index (χ0v) is 17.3. The van der Waals surface area contributed by atoms with Crippen molar-refractivity contribution in [2.45, 2.75) is 45.6 Å². The van der Waals surface area contributed by atoms with E-state index < -0.39 is 0 Å². The van der Waals surface area contributed by atoms with Crippen LogP contribution < -0.4 is 5.32 Å². The number of aliphatic imine (C=N–C) groups is 1. The maximum absolute atomic E-state index is 12.4. The molecule has 0 aromatic carbocycles. The first-order valence-electron chi connectivity index (χ1n) is 9.05. The normalized spacial score (nSPS) is 26.1. The SMILES string of the molecule is CCNC(=NCC1(C)CC1)N1CCN(C(=O)C2CCCO2)CC1.I. The van der Waals surface area contributed by atoms with Gasteiger partial charge in [-0.1, -0.05) is 6.92 Å². The fraction of sp³-hybridized carbons (Fsp3) is 0.882. The molecule has 6 nitrogen and oxygen atoms in total. The van der Waals surface area contributed by atoms with Gasteiger partial charge in [-0.25, -0.2) is 0 Å². The van der Waals surface area contributed by atoms with E-state index in [4.69, 9.17) is 9.73 Å². The molecule has 0 radical (unpaired) electrons. The molecule has 1 saturated carbocycles. The fourth-order valence-corrected chi connectivity index (χ4v) is 3.18. The molecule has 1 unspecified atom stereocenters.